The Balaban J connectivity index is 4.26. The molecule has 8 nitrogen and oxygen atoms in total. The van der Waals surface area contributed by atoms with E-state index >= 15 is 0 Å². The molecule has 0 radical (unpaired) electrons. The molecule has 0 aromatic rings. The van der Waals surface area contributed by atoms with Crippen molar-refractivity contribution >= 4 is 13.7 Å². The first kappa shape index (κ1) is 63.1. The third kappa shape index (κ3) is 49.8. The zero-order valence-electron chi connectivity index (χ0n) is 42.6. The Morgan fingerprint density at radius 3 is 1.30 bits per heavy atom. The van der Waals surface area contributed by atoms with Crippen molar-refractivity contribution in [1.82, 2.24) is 5.32 Å². The third-order valence-electron chi connectivity index (χ3n) is 9.97. The average Bonchev–Trinajstić information content (AvgIpc) is 3.29. The summed E-state index contributed by atoms with van der Waals surface area (Å²) in [7, 11) is 1.49. The van der Waals surface area contributed by atoms with Gasteiger partial charge in [-0.1, -0.05) is 185 Å². The Labute approximate surface area is 410 Å². The van der Waals surface area contributed by atoms with Gasteiger partial charge in [-0.3, -0.25) is 13.8 Å². The van der Waals surface area contributed by atoms with Gasteiger partial charge in [0.2, 0.25) is 5.91 Å². The summed E-state index contributed by atoms with van der Waals surface area (Å²) in [6, 6.07) is -0.894. The fraction of sp³-hybridized carbons (Fsp3) is 0.534. The molecule has 1 amide bonds. The number of phosphoric acid groups is 1. The molecular weight excluding hydrogens is 852 g/mol. The van der Waals surface area contributed by atoms with Gasteiger partial charge in [-0.2, -0.15) is 0 Å². The SMILES string of the molecule is CC/C=C\C/C=C\C/C=C\C/C=C\C/C=C\C/C=C\C/C=C\C/C=C\C/C=C\C/C=C\CCCCCCC(=O)NC(COP(=O)(O)OCC[N+](C)(C)C)C(O)/C=C/CC/C=C/CC/C=C/CC. The number of nitrogens with one attached hydrogen (secondary N) is 1. The van der Waals surface area contributed by atoms with Crippen molar-refractivity contribution in [2.75, 3.05) is 40.9 Å². The van der Waals surface area contributed by atoms with Gasteiger partial charge in [0.25, 0.3) is 0 Å². The lowest BCUT2D eigenvalue weighted by Crippen LogP contribution is -2.45. The topological polar surface area (TPSA) is 105 Å². The molecule has 0 saturated carbocycles. The van der Waals surface area contributed by atoms with Crippen LogP contribution in [-0.2, 0) is 18.4 Å². The smallest absolute Gasteiger partial charge is 0.387 e. The Morgan fingerprint density at radius 2 is 0.866 bits per heavy atom. The number of carbonyl (C=O) groups is 1. The van der Waals surface area contributed by atoms with Gasteiger partial charge in [-0.05, 0) is 116 Å². The number of allylic oxidation sites excluding steroid dienone is 25. The Hall–Kier alpha value is -3.88. The number of phosphoric ester groups is 1. The molecule has 0 bridgehead atoms. The van der Waals surface area contributed by atoms with Crippen LogP contribution < -0.4 is 5.32 Å². The number of unbranched alkanes of at least 4 members (excludes halogenated alkanes) is 6. The summed E-state index contributed by atoms with van der Waals surface area (Å²) >= 11 is 0. The summed E-state index contributed by atoms with van der Waals surface area (Å²) in [5, 5.41) is 13.7. The molecule has 3 N–H and O–H groups in total. The lowest BCUT2D eigenvalue weighted by atomic mass is 10.1. The maximum Gasteiger partial charge on any atom is 0.472 e. The van der Waals surface area contributed by atoms with Crippen molar-refractivity contribution in [3.8, 4) is 0 Å². The average molecular weight is 946 g/mol. The van der Waals surface area contributed by atoms with Gasteiger partial charge in [0.05, 0.1) is 39.9 Å². The fourth-order valence-corrected chi connectivity index (χ4v) is 6.78. The first-order valence-electron chi connectivity index (χ1n) is 25.4. The van der Waals surface area contributed by atoms with Crippen molar-refractivity contribution in [1.29, 1.82) is 0 Å². The van der Waals surface area contributed by atoms with Crippen molar-refractivity contribution in [2.45, 2.75) is 161 Å². The molecule has 0 heterocycles. The minimum absolute atomic E-state index is 0.0383. The van der Waals surface area contributed by atoms with Gasteiger partial charge in [0.1, 0.15) is 13.2 Å². The first-order valence-corrected chi connectivity index (χ1v) is 26.9. The number of hydrogen-bond acceptors (Lipinski definition) is 5. The molecule has 3 atom stereocenters. The van der Waals surface area contributed by atoms with Gasteiger partial charge < -0.3 is 19.8 Å². The molecule has 0 aromatic carbocycles. The molecule has 0 saturated heterocycles. The van der Waals surface area contributed by atoms with Crippen LogP contribution in [-0.4, -0.2) is 73.4 Å². The van der Waals surface area contributed by atoms with E-state index in [0.29, 0.717) is 17.4 Å². The number of amides is 1. The zero-order chi connectivity index (χ0) is 49.2. The molecule has 0 rings (SSSR count). The van der Waals surface area contributed by atoms with E-state index in [1.807, 2.05) is 27.2 Å². The molecule has 0 spiro atoms. The monoisotopic (exact) mass is 946 g/mol. The zero-order valence-corrected chi connectivity index (χ0v) is 43.5. The van der Waals surface area contributed by atoms with Gasteiger partial charge in [0, 0.05) is 6.42 Å². The van der Waals surface area contributed by atoms with E-state index < -0.39 is 20.0 Å². The summed E-state index contributed by atoms with van der Waals surface area (Å²) in [6.07, 6.45) is 75.0. The van der Waals surface area contributed by atoms with Crippen LogP contribution in [0.5, 0.6) is 0 Å². The second-order valence-corrected chi connectivity index (χ2v) is 18.9. The van der Waals surface area contributed by atoms with E-state index in [0.717, 1.165) is 128 Å². The van der Waals surface area contributed by atoms with Crippen molar-refractivity contribution in [3.63, 3.8) is 0 Å². The van der Waals surface area contributed by atoms with Gasteiger partial charge in [-0.25, -0.2) is 4.57 Å². The maximum atomic E-state index is 12.9. The highest BCUT2D eigenvalue weighted by molar-refractivity contribution is 7.47. The Kier molecular flexibility index (Phi) is 44.5. The van der Waals surface area contributed by atoms with E-state index in [2.05, 4.69) is 165 Å². The summed E-state index contributed by atoms with van der Waals surface area (Å²) < 4.78 is 23.5. The summed E-state index contributed by atoms with van der Waals surface area (Å²) in [5.74, 6) is -0.227. The lowest BCUT2D eigenvalue weighted by molar-refractivity contribution is -0.870. The highest BCUT2D eigenvalue weighted by atomic mass is 31.2. The summed E-state index contributed by atoms with van der Waals surface area (Å²) in [6.45, 7) is 4.48. The van der Waals surface area contributed by atoms with E-state index in [9.17, 15) is 19.4 Å². The van der Waals surface area contributed by atoms with Crippen LogP contribution in [0, 0.1) is 0 Å². The number of likely N-dealkylation sites (N-methyl/N-ethyl adjacent to an activating group) is 1. The second-order valence-electron chi connectivity index (χ2n) is 17.4. The molecule has 67 heavy (non-hydrogen) atoms. The number of hydrogen-bond donors (Lipinski definition) is 3. The normalized spacial score (nSPS) is 15.4. The van der Waals surface area contributed by atoms with Gasteiger partial charge >= 0.3 is 7.82 Å². The highest BCUT2D eigenvalue weighted by Crippen LogP contribution is 2.43. The van der Waals surface area contributed by atoms with E-state index in [4.69, 9.17) is 9.05 Å². The van der Waals surface area contributed by atoms with Crippen molar-refractivity contribution < 1.29 is 32.9 Å². The summed E-state index contributed by atoms with van der Waals surface area (Å²) in [5.41, 5.74) is 0. The Morgan fingerprint density at radius 1 is 0.507 bits per heavy atom. The van der Waals surface area contributed by atoms with Crippen molar-refractivity contribution in [3.05, 3.63) is 158 Å². The second kappa shape index (κ2) is 47.2. The molecule has 0 fully saturated rings. The Bertz CT molecular complexity index is 1640. The highest BCUT2D eigenvalue weighted by Gasteiger charge is 2.27. The number of aliphatic hydroxyl groups is 1. The van der Waals surface area contributed by atoms with Crippen LogP contribution in [0.3, 0.4) is 0 Å². The van der Waals surface area contributed by atoms with Crippen LogP contribution in [0.15, 0.2) is 158 Å². The number of quaternary nitrogens is 1. The molecule has 0 aliphatic carbocycles. The quantitative estimate of drug-likeness (QED) is 0.0243. The van der Waals surface area contributed by atoms with Crippen LogP contribution >= 0.6 is 7.82 Å². The largest absolute Gasteiger partial charge is 0.472 e. The lowest BCUT2D eigenvalue weighted by Gasteiger charge is -2.25. The third-order valence-corrected chi connectivity index (χ3v) is 11.0. The minimum Gasteiger partial charge on any atom is -0.387 e. The molecular formula is C58H94N2O6P+. The number of nitrogens with zero attached hydrogens (tertiary/aromatic N) is 1. The van der Waals surface area contributed by atoms with E-state index in [1.165, 1.54) is 0 Å². The first-order chi connectivity index (χ1) is 32.5. The van der Waals surface area contributed by atoms with E-state index in [-0.39, 0.29) is 19.1 Å². The molecule has 9 heteroatoms. The fourth-order valence-electron chi connectivity index (χ4n) is 6.05. The molecule has 0 aliphatic rings. The number of aliphatic hydroxyl groups excluding tert-OH is 1. The minimum atomic E-state index is -4.37. The summed E-state index contributed by atoms with van der Waals surface area (Å²) in [4.78, 5) is 23.1. The predicted octanol–water partition coefficient (Wildman–Crippen LogP) is 15.1. The molecule has 3 unspecified atom stereocenters. The van der Waals surface area contributed by atoms with Crippen molar-refractivity contribution in [2.24, 2.45) is 0 Å². The number of carbonyl (C=O) groups excluding carboxylic acids is 1. The standard InChI is InChI=1S/C58H93N2O6P/c1-6-8-10-12-14-16-18-19-20-21-22-23-24-25-26-27-28-29-30-31-32-33-34-35-36-37-38-39-40-41-42-44-46-48-50-52-58(62)59-56(55-66-67(63,64)65-54-53-60(3,4)5)57(61)51-49-47-45-43-17-15-13-11-9-7-2/h8-11,14,16-17,19-20,22-23,25-26,28-29,31-32,34-35,37-38,40-41,43,49,51,56-57,61H,6-7,12-13,15,18,21,24,27,30,33,36,39,42,44-48,50,52-55H2,1-5H3,(H-,59,62,63,64)/p+1/b10-8-,11-9+,16-14-,20-19-,23-22-,26-25-,29-28-,32-31-,35-34-,38-37-,41-40-,43-17+,51-49+. The van der Waals surface area contributed by atoms with Crippen LogP contribution in [0.2, 0.25) is 0 Å². The number of rotatable bonds is 43. The predicted molar refractivity (Wildman–Crippen MR) is 290 cm³/mol. The van der Waals surface area contributed by atoms with Gasteiger partial charge in [0.15, 0.2) is 0 Å². The molecule has 0 aromatic heterocycles. The van der Waals surface area contributed by atoms with Crippen LogP contribution in [0.1, 0.15) is 149 Å². The van der Waals surface area contributed by atoms with E-state index in [1.54, 1.807) is 6.08 Å². The maximum absolute atomic E-state index is 12.9. The molecule has 376 valence electrons. The van der Waals surface area contributed by atoms with Gasteiger partial charge in [-0.15, -0.1) is 0 Å². The van der Waals surface area contributed by atoms with Crippen LogP contribution in [0.25, 0.3) is 0 Å². The van der Waals surface area contributed by atoms with Crippen LogP contribution in [0.4, 0.5) is 0 Å². The molecule has 0 aliphatic heterocycles.